The Balaban J connectivity index is 1.56. The number of aromatic nitrogens is 2. The van der Waals surface area contributed by atoms with Gasteiger partial charge in [0.2, 0.25) is 11.9 Å². The van der Waals surface area contributed by atoms with Crippen LogP contribution in [0.25, 0.3) is 11.0 Å². The Morgan fingerprint density at radius 1 is 1.19 bits per heavy atom. The molecule has 1 aromatic heterocycles. The van der Waals surface area contributed by atoms with Gasteiger partial charge in [0.25, 0.3) is 0 Å². The van der Waals surface area contributed by atoms with Crippen LogP contribution in [0.2, 0.25) is 0 Å². The lowest BCUT2D eigenvalue weighted by molar-refractivity contribution is -0.132. The Hall–Kier alpha value is -3.26. The number of aliphatic hydroxyl groups is 1. The fourth-order valence-electron chi connectivity index (χ4n) is 3.94. The van der Waals surface area contributed by atoms with E-state index in [-0.39, 0.29) is 12.5 Å². The maximum atomic E-state index is 13.2. The summed E-state index contributed by atoms with van der Waals surface area (Å²) in [5, 5.41) is 12.8. The van der Waals surface area contributed by atoms with E-state index in [1.54, 1.807) is 21.1 Å². The maximum Gasteiger partial charge on any atom is 0.242 e. The van der Waals surface area contributed by atoms with Gasteiger partial charge in [-0.25, -0.2) is 4.98 Å². The third-order valence-corrected chi connectivity index (χ3v) is 5.57. The topological polar surface area (TPSA) is 88.9 Å². The van der Waals surface area contributed by atoms with E-state index >= 15 is 0 Å². The number of imidazole rings is 1. The van der Waals surface area contributed by atoms with Crippen molar-refractivity contribution in [2.75, 3.05) is 32.6 Å². The van der Waals surface area contributed by atoms with E-state index in [4.69, 9.17) is 9.47 Å². The van der Waals surface area contributed by atoms with Crippen LogP contribution >= 0.6 is 0 Å². The lowest BCUT2D eigenvalue weighted by Gasteiger charge is -2.30. The molecule has 31 heavy (non-hydrogen) atoms. The van der Waals surface area contributed by atoms with Crippen LogP contribution in [0.5, 0.6) is 11.5 Å². The average Bonchev–Trinajstić information content (AvgIpc) is 3.13. The van der Waals surface area contributed by atoms with Gasteiger partial charge in [-0.05, 0) is 48.7 Å². The summed E-state index contributed by atoms with van der Waals surface area (Å²) in [4.78, 5) is 19.7. The Bertz CT molecular complexity index is 1090. The van der Waals surface area contributed by atoms with Gasteiger partial charge in [0.1, 0.15) is 6.54 Å². The molecule has 0 aliphatic carbocycles. The van der Waals surface area contributed by atoms with Gasteiger partial charge in [-0.3, -0.25) is 4.79 Å². The summed E-state index contributed by atoms with van der Waals surface area (Å²) >= 11 is 0. The first-order valence-electron chi connectivity index (χ1n) is 10.4. The van der Waals surface area contributed by atoms with E-state index < -0.39 is 6.10 Å². The molecule has 1 aliphatic heterocycles. The van der Waals surface area contributed by atoms with Crippen molar-refractivity contribution >= 4 is 22.9 Å². The van der Waals surface area contributed by atoms with Gasteiger partial charge in [0.15, 0.2) is 11.5 Å². The third-order valence-electron chi connectivity index (χ3n) is 5.57. The van der Waals surface area contributed by atoms with Gasteiger partial charge in [-0.2, -0.15) is 0 Å². The number of aliphatic hydroxyl groups excluding tert-OH is 1. The van der Waals surface area contributed by atoms with E-state index in [2.05, 4.69) is 10.3 Å². The Kier molecular flexibility index (Phi) is 5.99. The van der Waals surface area contributed by atoms with Crippen molar-refractivity contribution in [3.8, 4) is 11.5 Å². The number of hydrogen-bond acceptors (Lipinski definition) is 6. The molecule has 1 aliphatic rings. The fraction of sp³-hybridized carbons (Fsp3) is 0.391. The lowest BCUT2D eigenvalue weighted by atomic mass is 9.98. The van der Waals surface area contributed by atoms with Crippen LogP contribution in [0.3, 0.4) is 0 Å². The highest BCUT2D eigenvalue weighted by molar-refractivity contribution is 5.83. The number of fused-ring (bicyclic) bond motifs is 2. The minimum Gasteiger partial charge on any atom is -0.493 e. The molecular formula is C23H28N4O4. The van der Waals surface area contributed by atoms with Gasteiger partial charge >= 0.3 is 0 Å². The van der Waals surface area contributed by atoms with Crippen molar-refractivity contribution in [2.45, 2.75) is 32.5 Å². The number of nitrogens with zero attached hydrogens (tertiary/aromatic N) is 3. The summed E-state index contributed by atoms with van der Waals surface area (Å²) in [6.45, 7) is 3.41. The molecule has 2 aromatic carbocycles. The van der Waals surface area contributed by atoms with Crippen LogP contribution in [-0.2, 0) is 24.3 Å². The monoisotopic (exact) mass is 424 g/mol. The van der Waals surface area contributed by atoms with Crippen molar-refractivity contribution < 1.29 is 19.4 Å². The van der Waals surface area contributed by atoms with E-state index in [0.29, 0.717) is 37.1 Å². The number of rotatable bonds is 7. The van der Waals surface area contributed by atoms with Gasteiger partial charge in [-0.15, -0.1) is 0 Å². The number of nitrogens with one attached hydrogen (secondary N) is 1. The minimum atomic E-state index is -0.519. The normalized spacial score (nSPS) is 14.3. The van der Waals surface area contributed by atoms with Crippen LogP contribution in [0.1, 0.15) is 18.1 Å². The highest BCUT2D eigenvalue weighted by Gasteiger charge is 2.24. The standard InChI is InChI=1S/C23H28N4O4/c1-15(28)12-24-23-25-18-6-4-5-7-19(18)27(23)14-22(29)26-9-8-16-10-20(30-2)21(31-3)11-17(16)13-26/h4-7,10-11,15,28H,8-9,12-14H2,1-3H3,(H,24,25). The summed E-state index contributed by atoms with van der Waals surface area (Å²) in [6.07, 6.45) is 0.244. The first-order valence-corrected chi connectivity index (χ1v) is 10.4. The molecule has 1 atom stereocenters. The molecule has 1 unspecified atom stereocenters. The minimum absolute atomic E-state index is 0.0173. The van der Waals surface area contributed by atoms with Crippen molar-refractivity contribution in [3.05, 3.63) is 47.5 Å². The predicted molar refractivity (Wildman–Crippen MR) is 119 cm³/mol. The number of ether oxygens (including phenoxy) is 2. The maximum absolute atomic E-state index is 13.2. The summed E-state index contributed by atoms with van der Waals surface area (Å²) in [5.41, 5.74) is 3.94. The van der Waals surface area contributed by atoms with Crippen LogP contribution in [0.15, 0.2) is 36.4 Å². The summed E-state index contributed by atoms with van der Waals surface area (Å²) in [5.74, 6) is 1.98. The number of methoxy groups -OCH3 is 2. The van der Waals surface area contributed by atoms with Gasteiger partial charge in [0, 0.05) is 19.6 Å². The number of carbonyl (C=O) groups is 1. The van der Waals surface area contributed by atoms with Crippen molar-refractivity contribution in [1.29, 1.82) is 0 Å². The average molecular weight is 425 g/mol. The molecule has 0 saturated heterocycles. The molecule has 0 spiro atoms. The Morgan fingerprint density at radius 3 is 2.61 bits per heavy atom. The number of para-hydroxylation sites is 2. The SMILES string of the molecule is COc1cc2c(cc1OC)CN(C(=O)Cn1c(NCC(C)O)nc3ccccc31)CC2. The molecule has 4 rings (SSSR count). The summed E-state index contributed by atoms with van der Waals surface area (Å²) < 4.78 is 12.7. The molecule has 8 heteroatoms. The van der Waals surface area contributed by atoms with E-state index in [9.17, 15) is 9.90 Å². The van der Waals surface area contributed by atoms with E-state index in [1.807, 2.05) is 45.9 Å². The molecule has 2 N–H and O–H groups in total. The van der Waals surface area contributed by atoms with Crippen molar-refractivity contribution in [1.82, 2.24) is 14.5 Å². The number of anilines is 1. The largest absolute Gasteiger partial charge is 0.493 e. The molecule has 0 radical (unpaired) electrons. The predicted octanol–water partition coefficient (Wildman–Crippen LogP) is 2.43. The fourth-order valence-corrected chi connectivity index (χ4v) is 3.94. The zero-order valence-electron chi connectivity index (χ0n) is 18.1. The van der Waals surface area contributed by atoms with Crippen LogP contribution < -0.4 is 14.8 Å². The van der Waals surface area contributed by atoms with Crippen LogP contribution in [0, 0.1) is 0 Å². The number of hydrogen-bond donors (Lipinski definition) is 2. The first kappa shape index (κ1) is 21.0. The number of carbonyl (C=O) groups excluding carboxylic acids is 1. The Morgan fingerprint density at radius 2 is 1.90 bits per heavy atom. The summed E-state index contributed by atoms with van der Waals surface area (Å²) in [7, 11) is 3.24. The van der Waals surface area contributed by atoms with Crippen molar-refractivity contribution in [3.63, 3.8) is 0 Å². The van der Waals surface area contributed by atoms with Gasteiger partial charge < -0.3 is 29.4 Å². The zero-order chi connectivity index (χ0) is 22.0. The smallest absolute Gasteiger partial charge is 0.242 e. The lowest BCUT2D eigenvalue weighted by Crippen LogP contribution is -2.38. The van der Waals surface area contributed by atoms with Gasteiger partial charge in [-0.1, -0.05) is 12.1 Å². The molecule has 0 fully saturated rings. The first-order chi connectivity index (χ1) is 15.0. The second-order valence-corrected chi connectivity index (χ2v) is 7.78. The number of amides is 1. The van der Waals surface area contributed by atoms with E-state index in [1.165, 1.54) is 5.56 Å². The molecular weight excluding hydrogens is 396 g/mol. The highest BCUT2D eigenvalue weighted by Crippen LogP contribution is 2.33. The number of benzene rings is 2. The molecule has 1 amide bonds. The van der Waals surface area contributed by atoms with Crippen LogP contribution in [-0.4, -0.2) is 58.9 Å². The molecule has 0 saturated carbocycles. The second-order valence-electron chi connectivity index (χ2n) is 7.78. The highest BCUT2D eigenvalue weighted by atomic mass is 16.5. The second kappa shape index (κ2) is 8.85. The molecule has 3 aromatic rings. The molecule has 164 valence electrons. The Labute approximate surface area is 181 Å². The van der Waals surface area contributed by atoms with Crippen LogP contribution in [0.4, 0.5) is 5.95 Å². The molecule has 0 bridgehead atoms. The summed E-state index contributed by atoms with van der Waals surface area (Å²) in [6, 6.07) is 11.7. The molecule has 8 nitrogen and oxygen atoms in total. The molecule has 2 heterocycles. The van der Waals surface area contributed by atoms with Gasteiger partial charge in [0.05, 0.1) is 31.4 Å². The van der Waals surface area contributed by atoms with Crippen molar-refractivity contribution in [2.24, 2.45) is 0 Å². The quantitative estimate of drug-likeness (QED) is 0.606. The zero-order valence-corrected chi connectivity index (χ0v) is 18.1. The third kappa shape index (κ3) is 4.29. The van der Waals surface area contributed by atoms with E-state index in [0.717, 1.165) is 23.0 Å².